The second-order valence-electron chi connectivity index (χ2n) is 5.00. The molecule has 2 rings (SSSR count). The Morgan fingerprint density at radius 2 is 2.32 bits per heavy atom. The summed E-state index contributed by atoms with van der Waals surface area (Å²) in [5.41, 5.74) is 2.16. The fourth-order valence-corrected chi connectivity index (χ4v) is 2.09. The average Bonchev–Trinajstić information content (AvgIpc) is 2.90. The van der Waals surface area contributed by atoms with Crippen molar-refractivity contribution < 1.29 is 14.3 Å². The normalized spacial score (nSPS) is 18.3. The highest BCUT2D eigenvalue weighted by Crippen LogP contribution is 2.18. The molecule has 1 unspecified atom stereocenters. The van der Waals surface area contributed by atoms with Crippen molar-refractivity contribution in [3.63, 3.8) is 0 Å². The van der Waals surface area contributed by atoms with Gasteiger partial charge in [-0.2, -0.15) is 0 Å². The van der Waals surface area contributed by atoms with E-state index in [-0.39, 0.29) is 18.6 Å². The third-order valence-corrected chi connectivity index (χ3v) is 3.25. The first-order valence-corrected chi connectivity index (χ1v) is 6.73. The largest absolute Gasteiger partial charge is 0.483 e. The van der Waals surface area contributed by atoms with Gasteiger partial charge in [0, 0.05) is 13.2 Å². The van der Waals surface area contributed by atoms with Gasteiger partial charge < -0.3 is 14.8 Å². The molecule has 104 valence electrons. The fraction of sp³-hybridized carbons (Fsp3) is 0.533. The van der Waals surface area contributed by atoms with Crippen molar-refractivity contribution in [2.24, 2.45) is 0 Å². The van der Waals surface area contributed by atoms with Crippen LogP contribution in [0.4, 0.5) is 0 Å². The van der Waals surface area contributed by atoms with Crippen molar-refractivity contribution in [1.82, 2.24) is 5.32 Å². The van der Waals surface area contributed by atoms with E-state index in [9.17, 15) is 4.79 Å². The summed E-state index contributed by atoms with van der Waals surface area (Å²) in [4.78, 5) is 11.7. The van der Waals surface area contributed by atoms with E-state index in [0.717, 1.165) is 36.3 Å². The molecule has 1 N–H and O–H groups in total. The Hall–Kier alpha value is -1.55. The zero-order valence-electron chi connectivity index (χ0n) is 11.6. The lowest BCUT2D eigenvalue weighted by Gasteiger charge is -2.12. The molecule has 1 aromatic carbocycles. The molecule has 1 aromatic rings. The molecule has 0 saturated carbocycles. The van der Waals surface area contributed by atoms with Crippen molar-refractivity contribution in [3.8, 4) is 5.75 Å². The van der Waals surface area contributed by atoms with Crippen molar-refractivity contribution in [1.29, 1.82) is 0 Å². The van der Waals surface area contributed by atoms with Crippen LogP contribution in [0, 0.1) is 13.8 Å². The summed E-state index contributed by atoms with van der Waals surface area (Å²) in [7, 11) is 0. The smallest absolute Gasteiger partial charge is 0.258 e. The summed E-state index contributed by atoms with van der Waals surface area (Å²) < 4.78 is 11.0. The van der Waals surface area contributed by atoms with E-state index >= 15 is 0 Å². The molecule has 0 aromatic heterocycles. The Balaban J connectivity index is 1.74. The maximum absolute atomic E-state index is 11.7. The first-order chi connectivity index (χ1) is 9.15. The van der Waals surface area contributed by atoms with Crippen molar-refractivity contribution >= 4 is 5.91 Å². The van der Waals surface area contributed by atoms with E-state index in [1.165, 1.54) is 0 Å². The molecule has 19 heavy (non-hydrogen) atoms. The van der Waals surface area contributed by atoms with E-state index in [0.29, 0.717) is 6.54 Å². The molecule has 1 aliphatic heterocycles. The minimum absolute atomic E-state index is 0.0526. The number of aryl methyl sites for hydroxylation is 2. The van der Waals surface area contributed by atoms with Crippen LogP contribution in [0.5, 0.6) is 5.75 Å². The second kappa shape index (κ2) is 6.57. The Bertz CT molecular complexity index is 439. The van der Waals surface area contributed by atoms with Crippen LogP contribution < -0.4 is 10.1 Å². The number of carbonyl (C=O) groups excluding carboxylic acids is 1. The number of carbonyl (C=O) groups is 1. The minimum Gasteiger partial charge on any atom is -0.483 e. The molecule has 0 spiro atoms. The molecule has 1 amide bonds. The number of hydrogen-bond acceptors (Lipinski definition) is 3. The van der Waals surface area contributed by atoms with Gasteiger partial charge in [-0.25, -0.2) is 0 Å². The predicted octanol–water partition coefficient (Wildman–Crippen LogP) is 1.98. The van der Waals surface area contributed by atoms with Gasteiger partial charge in [-0.3, -0.25) is 4.79 Å². The van der Waals surface area contributed by atoms with Crippen LogP contribution >= 0.6 is 0 Å². The zero-order valence-corrected chi connectivity index (χ0v) is 11.6. The standard InChI is InChI=1S/C15H21NO3/c1-11-5-6-12(2)14(8-11)19-10-15(17)16-9-13-4-3-7-18-13/h5-6,8,13H,3-4,7,9-10H2,1-2H3,(H,16,17). The van der Waals surface area contributed by atoms with Crippen LogP contribution in [0.25, 0.3) is 0 Å². The van der Waals surface area contributed by atoms with E-state index in [1.54, 1.807) is 0 Å². The lowest BCUT2D eigenvalue weighted by atomic mass is 10.1. The summed E-state index contributed by atoms with van der Waals surface area (Å²) in [5, 5.41) is 2.84. The summed E-state index contributed by atoms with van der Waals surface area (Å²) in [6, 6.07) is 5.97. The van der Waals surface area contributed by atoms with Crippen molar-refractivity contribution in [2.45, 2.75) is 32.8 Å². The van der Waals surface area contributed by atoms with Gasteiger partial charge in [0.25, 0.3) is 5.91 Å². The summed E-state index contributed by atoms with van der Waals surface area (Å²) >= 11 is 0. The number of nitrogens with one attached hydrogen (secondary N) is 1. The first-order valence-electron chi connectivity index (χ1n) is 6.73. The number of amides is 1. The molecule has 1 aliphatic rings. The van der Waals surface area contributed by atoms with Gasteiger partial charge in [0.05, 0.1) is 6.10 Å². The predicted molar refractivity (Wildman–Crippen MR) is 73.4 cm³/mol. The van der Waals surface area contributed by atoms with E-state index in [1.807, 2.05) is 32.0 Å². The highest BCUT2D eigenvalue weighted by Gasteiger charge is 2.16. The van der Waals surface area contributed by atoms with Crippen LogP contribution in [0.1, 0.15) is 24.0 Å². The topological polar surface area (TPSA) is 47.6 Å². The van der Waals surface area contributed by atoms with Crippen LogP contribution in [-0.2, 0) is 9.53 Å². The number of benzene rings is 1. The van der Waals surface area contributed by atoms with Crippen LogP contribution in [0.2, 0.25) is 0 Å². The summed E-state index contributed by atoms with van der Waals surface area (Å²) in [5.74, 6) is 0.670. The van der Waals surface area contributed by atoms with Crippen LogP contribution in [-0.4, -0.2) is 31.8 Å². The van der Waals surface area contributed by atoms with Gasteiger partial charge in [-0.05, 0) is 43.9 Å². The monoisotopic (exact) mass is 263 g/mol. The summed E-state index contributed by atoms with van der Waals surface area (Å²) in [6.07, 6.45) is 2.28. The van der Waals surface area contributed by atoms with E-state index < -0.39 is 0 Å². The molecular formula is C15H21NO3. The van der Waals surface area contributed by atoms with Crippen molar-refractivity contribution in [3.05, 3.63) is 29.3 Å². The Morgan fingerprint density at radius 3 is 3.05 bits per heavy atom. The average molecular weight is 263 g/mol. The van der Waals surface area contributed by atoms with Gasteiger partial charge in [0.15, 0.2) is 6.61 Å². The third-order valence-electron chi connectivity index (χ3n) is 3.25. The lowest BCUT2D eigenvalue weighted by Crippen LogP contribution is -2.35. The molecular weight excluding hydrogens is 242 g/mol. The SMILES string of the molecule is Cc1ccc(C)c(OCC(=O)NCC2CCCO2)c1. The van der Waals surface area contributed by atoms with Crippen molar-refractivity contribution in [2.75, 3.05) is 19.8 Å². The van der Waals surface area contributed by atoms with E-state index in [4.69, 9.17) is 9.47 Å². The minimum atomic E-state index is -0.101. The Morgan fingerprint density at radius 1 is 1.47 bits per heavy atom. The van der Waals surface area contributed by atoms with Gasteiger partial charge >= 0.3 is 0 Å². The molecule has 1 saturated heterocycles. The van der Waals surface area contributed by atoms with Crippen LogP contribution in [0.3, 0.4) is 0 Å². The molecule has 0 radical (unpaired) electrons. The quantitative estimate of drug-likeness (QED) is 0.883. The molecule has 0 bridgehead atoms. The van der Waals surface area contributed by atoms with Gasteiger partial charge in [0.1, 0.15) is 5.75 Å². The summed E-state index contributed by atoms with van der Waals surface area (Å²) in [6.45, 7) is 5.41. The maximum atomic E-state index is 11.7. The third kappa shape index (κ3) is 4.24. The maximum Gasteiger partial charge on any atom is 0.258 e. The first kappa shape index (κ1) is 13.9. The number of ether oxygens (including phenoxy) is 2. The second-order valence-corrected chi connectivity index (χ2v) is 5.00. The fourth-order valence-electron chi connectivity index (χ4n) is 2.09. The number of rotatable bonds is 5. The molecule has 4 nitrogen and oxygen atoms in total. The zero-order chi connectivity index (χ0) is 13.7. The highest BCUT2D eigenvalue weighted by atomic mass is 16.5. The molecule has 1 heterocycles. The van der Waals surface area contributed by atoms with Gasteiger partial charge in [-0.15, -0.1) is 0 Å². The van der Waals surface area contributed by atoms with Gasteiger partial charge in [-0.1, -0.05) is 12.1 Å². The van der Waals surface area contributed by atoms with E-state index in [2.05, 4.69) is 5.32 Å². The molecule has 4 heteroatoms. The van der Waals surface area contributed by atoms with Crippen LogP contribution in [0.15, 0.2) is 18.2 Å². The lowest BCUT2D eigenvalue weighted by molar-refractivity contribution is -0.123. The van der Waals surface area contributed by atoms with Gasteiger partial charge in [0.2, 0.25) is 0 Å². The Labute approximate surface area is 114 Å². The molecule has 0 aliphatic carbocycles. The molecule has 1 fully saturated rings. The molecule has 1 atom stereocenters. The Kier molecular flexibility index (Phi) is 4.80. The number of hydrogen-bond donors (Lipinski definition) is 1. The highest BCUT2D eigenvalue weighted by molar-refractivity contribution is 5.77.